The predicted molar refractivity (Wildman–Crippen MR) is 111 cm³/mol. The van der Waals surface area contributed by atoms with Gasteiger partial charge >= 0.3 is 0 Å². The maximum absolute atomic E-state index is 13.4. The average molecular weight is 397 g/mol. The zero-order valence-electron chi connectivity index (χ0n) is 16.8. The lowest BCUT2D eigenvalue weighted by Gasteiger charge is -2.27. The molecule has 1 aromatic carbocycles. The molecule has 1 unspecified atom stereocenters. The van der Waals surface area contributed by atoms with Crippen molar-refractivity contribution in [3.8, 4) is 11.3 Å². The summed E-state index contributed by atoms with van der Waals surface area (Å²) >= 11 is 0. The van der Waals surface area contributed by atoms with Crippen LogP contribution in [-0.2, 0) is 4.74 Å². The molecule has 154 valence electrons. The van der Waals surface area contributed by atoms with E-state index in [1.54, 1.807) is 6.07 Å². The summed E-state index contributed by atoms with van der Waals surface area (Å²) in [4.78, 5) is 2.69. The lowest BCUT2D eigenvalue weighted by molar-refractivity contribution is 0.0545. The maximum Gasteiger partial charge on any atom is 0.148 e. The number of anilines is 1. The minimum Gasteiger partial charge on any atom is -0.381 e. The molecule has 3 atom stereocenters. The quantitative estimate of drug-likeness (QED) is 0.832. The number of fused-ring (bicyclic) bond motifs is 1. The number of ether oxygens (including phenoxy) is 1. The number of rotatable bonds is 5. The first-order valence-electron chi connectivity index (χ1n) is 10.9. The fourth-order valence-electron chi connectivity index (χ4n) is 5.38. The Morgan fingerprint density at radius 3 is 2.52 bits per heavy atom. The van der Waals surface area contributed by atoms with Crippen LogP contribution in [0, 0.1) is 23.6 Å². The summed E-state index contributed by atoms with van der Waals surface area (Å²) in [5, 5.41) is 12.2. The van der Waals surface area contributed by atoms with Crippen LogP contribution in [-0.4, -0.2) is 54.0 Å². The summed E-state index contributed by atoms with van der Waals surface area (Å²) in [6.45, 7) is 5.61. The predicted octanol–water partition coefficient (Wildman–Crippen LogP) is 3.83. The van der Waals surface area contributed by atoms with E-state index < -0.39 is 0 Å². The number of likely N-dealkylation sites (tertiary alicyclic amines) is 1. The van der Waals surface area contributed by atoms with E-state index in [2.05, 4.69) is 20.4 Å². The highest BCUT2D eigenvalue weighted by Crippen LogP contribution is 2.39. The third kappa shape index (κ3) is 4.43. The number of hydrogen-bond acceptors (Lipinski definition) is 5. The minimum absolute atomic E-state index is 0.255. The van der Waals surface area contributed by atoms with Crippen LogP contribution in [0.2, 0.25) is 0 Å². The van der Waals surface area contributed by atoms with Gasteiger partial charge in [-0.2, -0.15) is 0 Å². The van der Waals surface area contributed by atoms with Gasteiger partial charge in [0.15, 0.2) is 0 Å². The normalized spacial score (nSPS) is 27.8. The molecule has 3 fully saturated rings. The number of aromatic nitrogens is 2. The zero-order valence-corrected chi connectivity index (χ0v) is 16.8. The summed E-state index contributed by atoms with van der Waals surface area (Å²) in [6.07, 6.45) is 4.87. The SMILES string of the molecule is Fc1cccc(-c2ccc(NC3C[C@@H]4CN(CC5CCOCC5)C[C@@H]4C3)nn2)c1. The Morgan fingerprint density at radius 1 is 1.03 bits per heavy atom. The molecule has 6 heteroatoms. The molecule has 5 rings (SSSR count). The Hall–Kier alpha value is -2.05. The van der Waals surface area contributed by atoms with Gasteiger partial charge in [0.1, 0.15) is 11.6 Å². The fraction of sp³-hybridized carbons (Fsp3) is 0.565. The fourth-order valence-corrected chi connectivity index (χ4v) is 5.38. The molecule has 1 saturated carbocycles. The Morgan fingerprint density at radius 2 is 1.83 bits per heavy atom. The first kappa shape index (κ1) is 18.9. The van der Waals surface area contributed by atoms with E-state index in [9.17, 15) is 4.39 Å². The first-order chi connectivity index (χ1) is 14.2. The van der Waals surface area contributed by atoms with Crippen LogP contribution in [0.5, 0.6) is 0 Å². The van der Waals surface area contributed by atoms with E-state index in [4.69, 9.17) is 4.74 Å². The molecule has 1 aromatic heterocycles. The van der Waals surface area contributed by atoms with Crippen molar-refractivity contribution in [3.63, 3.8) is 0 Å². The van der Waals surface area contributed by atoms with Gasteiger partial charge in [-0.05, 0) is 67.7 Å². The van der Waals surface area contributed by atoms with Gasteiger partial charge in [0.2, 0.25) is 0 Å². The molecule has 1 aliphatic carbocycles. The van der Waals surface area contributed by atoms with Gasteiger partial charge in [-0.15, -0.1) is 10.2 Å². The second-order valence-corrected chi connectivity index (χ2v) is 8.92. The highest BCUT2D eigenvalue weighted by atomic mass is 19.1. The number of nitrogens with zero attached hydrogens (tertiary/aromatic N) is 3. The summed E-state index contributed by atoms with van der Waals surface area (Å²) < 4.78 is 18.9. The zero-order chi connectivity index (χ0) is 19.6. The molecule has 2 saturated heterocycles. The van der Waals surface area contributed by atoms with Crippen LogP contribution in [0.4, 0.5) is 10.2 Å². The second kappa shape index (κ2) is 8.36. The number of hydrogen-bond donors (Lipinski definition) is 1. The second-order valence-electron chi connectivity index (χ2n) is 8.92. The number of halogens is 1. The van der Waals surface area contributed by atoms with Crippen molar-refractivity contribution >= 4 is 5.82 Å². The molecule has 0 bridgehead atoms. The third-order valence-electron chi connectivity index (χ3n) is 6.82. The van der Waals surface area contributed by atoms with Crippen molar-refractivity contribution in [2.75, 3.05) is 38.2 Å². The van der Waals surface area contributed by atoms with Crippen molar-refractivity contribution in [1.29, 1.82) is 0 Å². The van der Waals surface area contributed by atoms with Gasteiger partial charge in [-0.3, -0.25) is 0 Å². The Balaban J connectivity index is 1.13. The average Bonchev–Trinajstić information content (AvgIpc) is 3.27. The van der Waals surface area contributed by atoms with E-state index in [0.717, 1.165) is 42.3 Å². The van der Waals surface area contributed by atoms with Crippen LogP contribution in [0.1, 0.15) is 25.7 Å². The standard InChI is InChI=1S/C23H29FN4O/c24-20-3-1-2-17(10-20)22-4-5-23(27-26-22)25-21-11-18-14-28(15-19(18)12-21)13-16-6-8-29-9-7-16/h1-5,10,16,18-19,21H,6-9,11-15H2,(H,25,27)/t18-,19+,21?. The largest absolute Gasteiger partial charge is 0.381 e. The molecule has 0 radical (unpaired) electrons. The molecule has 5 nitrogen and oxygen atoms in total. The van der Waals surface area contributed by atoms with Crippen molar-refractivity contribution in [2.24, 2.45) is 17.8 Å². The molecular weight excluding hydrogens is 367 g/mol. The Labute approximate surface area is 171 Å². The molecule has 3 heterocycles. The van der Waals surface area contributed by atoms with Crippen molar-refractivity contribution in [3.05, 3.63) is 42.2 Å². The molecule has 0 spiro atoms. The van der Waals surface area contributed by atoms with E-state index >= 15 is 0 Å². The Bertz CT molecular complexity index is 810. The molecule has 29 heavy (non-hydrogen) atoms. The van der Waals surface area contributed by atoms with Crippen LogP contribution in [0.25, 0.3) is 11.3 Å². The Kier molecular flexibility index (Phi) is 5.46. The summed E-state index contributed by atoms with van der Waals surface area (Å²) in [7, 11) is 0. The lowest BCUT2D eigenvalue weighted by atomic mass is 10.00. The van der Waals surface area contributed by atoms with Gasteiger partial charge in [0, 0.05) is 44.5 Å². The van der Waals surface area contributed by atoms with E-state index in [1.165, 1.54) is 57.5 Å². The van der Waals surface area contributed by atoms with Crippen LogP contribution >= 0.6 is 0 Å². The lowest BCUT2D eigenvalue weighted by Crippen LogP contribution is -2.32. The molecule has 2 aliphatic heterocycles. The van der Waals surface area contributed by atoms with E-state index in [1.807, 2.05) is 18.2 Å². The van der Waals surface area contributed by atoms with E-state index in [0.29, 0.717) is 11.7 Å². The smallest absolute Gasteiger partial charge is 0.148 e. The van der Waals surface area contributed by atoms with Crippen molar-refractivity contribution in [1.82, 2.24) is 15.1 Å². The summed E-state index contributed by atoms with van der Waals surface area (Å²) in [5.41, 5.74) is 1.45. The molecule has 1 N–H and O–H groups in total. The topological polar surface area (TPSA) is 50.3 Å². The number of nitrogens with one attached hydrogen (secondary N) is 1. The summed E-state index contributed by atoms with van der Waals surface area (Å²) in [5.74, 6) is 2.98. The molecular formula is C23H29FN4O. The molecule has 0 amide bonds. The first-order valence-corrected chi connectivity index (χ1v) is 10.9. The van der Waals surface area contributed by atoms with Gasteiger partial charge < -0.3 is 15.0 Å². The van der Waals surface area contributed by atoms with Gasteiger partial charge in [-0.1, -0.05) is 12.1 Å². The molecule has 3 aliphatic rings. The van der Waals surface area contributed by atoms with Gasteiger partial charge in [-0.25, -0.2) is 4.39 Å². The maximum atomic E-state index is 13.4. The summed E-state index contributed by atoms with van der Waals surface area (Å²) in [6, 6.07) is 10.8. The van der Waals surface area contributed by atoms with Crippen LogP contribution in [0.3, 0.4) is 0 Å². The van der Waals surface area contributed by atoms with E-state index in [-0.39, 0.29) is 5.82 Å². The monoisotopic (exact) mass is 396 g/mol. The van der Waals surface area contributed by atoms with Crippen LogP contribution in [0.15, 0.2) is 36.4 Å². The number of benzene rings is 1. The van der Waals surface area contributed by atoms with Gasteiger partial charge in [0.05, 0.1) is 5.69 Å². The highest BCUT2D eigenvalue weighted by Gasteiger charge is 2.41. The molecule has 2 aromatic rings. The third-order valence-corrected chi connectivity index (χ3v) is 6.82. The van der Waals surface area contributed by atoms with Crippen LogP contribution < -0.4 is 5.32 Å². The van der Waals surface area contributed by atoms with Crippen molar-refractivity contribution in [2.45, 2.75) is 31.7 Å². The minimum atomic E-state index is -0.255. The van der Waals surface area contributed by atoms with Gasteiger partial charge in [0.25, 0.3) is 0 Å². The highest BCUT2D eigenvalue weighted by molar-refractivity contribution is 5.59. The van der Waals surface area contributed by atoms with Crippen molar-refractivity contribution < 1.29 is 9.13 Å².